The predicted molar refractivity (Wildman–Crippen MR) is 95.9 cm³/mol. The lowest BCUT2D eigenvalue weighted by molar-refractivity contribution is 0.0697. The van der Waals surface area contributed by atoms with E-state index in [9.17, 15) is 4.79 Å². The molecule has 2 fully saturated rings. The Morgan fingerprint density at radius 2 is 2.08 bits per heavy atom. The topological polar surface area (TPSA) is 68.1 Å². The van der Waals surface area contributed by atoms with Crippen LogP contribution in [0.1, 0.15) is 54.9 Å². The minimum atomic E-state index is -0.882. The average Bonchev–Trinajstić information content (AvgIpc) is 3.22. The van der Waals surface area contributed by atoms with Gasteiger partial charge in [-0.15, -0.1) is 0 Å². The number of aryl methyl sites for hydroxylation is 1. The van der Waals surface area contributed by atoms with Crippen LogP contribution < -0.4 is 0 Å². The fraction of sp³-hybridized carbons (Fsp3) is 0.600. The maximum absolute atomic E-state index is 10.9. The second-order valence-electron chi connectivity index (χ2n) is 7.01. The zero-order valence-electron chi connectivity index (χ0n) is 14.8. The van der Waals surface area contributed by atoms with Crippen LogP contribution in [0.3, 0.4) is 0 Å². The molecule has 0 spiro atoms. The smallest absolute Gasteiger partial charge is 0.335 e. The van der Waals surface area contributed by atoms with Gasteiger partial charge in [0.1, 0.15) is 6.61 Å². The molecule has 2 aliphatic rings. The maximum Gasteiger partial charge on any atom is 0.335 e. The van der Waals surface area contributed by atoms with E-state index in [1.165, 1.54) is 5.56 Å². The van der Waals surface area contributed by atoms with Crippen LogP contribution >= 0.6 is 0 Å². The third-order valence-corrected chi connectivity index (χ3v) is 5.35. The van der Waals surface area contributed by atoms with Crippen molar-refractivity contribution in [3.63, 3.8) is 0 Å². The molecule has 2 aliphatic heterocycles. The van der Waals surface area contributed by atoms with Gasteiger partial charge in [0.2, 0.25) is 0 Å². The van der Waals surface area contributed by atoms with E-state index >= 15 is 0 Å². The number of fused-ring (bicyclic) bond motifs is 2. The van der Waals surface area contributed by atoms with Gasteiger partial charge in [-0.25, -0.2) is 4.79 Å². The Balaban J connectivity index is 1.55. The minimum Gasteiger partial charge on any atom is -0.478 e. The van der Waals surface area contributed by atoms with Gasteiger partial charge in [-0.05, 0) is 55.7 Å². The van der Waals surface area contributed by atoms with Gasteiger partial charge < -0.3 is 14.7 Å². The summed E-state index contributed by atoms with van der Waals surface area (Å²) in [6.45, 7) is 2.81. The summed E-state index contributed by atoms with van der Waals surface area (Å²) < 4.78 is 6.09. The number of benzene rings is 1. The number of unbranched alkanes of at least 4 members (excludes halogenated alkanes) is 1. The lowest BCUT2D eigenvalue weighted by Crippen LogP contribution is -2.28. The number of hydrogen-bond donors (Lipinski definition) is 1. The van der Waals surface area contributed by atoms with E-state index in [1.807, 2.05) is 18.3 Å². The number of carboxylic acid groups (broad SMARTS) is 1. The van der Waals surface area contributed by atoms with Crippen LogP contribution in [0.15, 0.2) is 29.4 Å². The van der Waals surface area contributed by atoms with Gasteiger partial charge in [0.15, 0.2) is 0 Å². The highest BCUT2D eigenvalue weighted by Crippen LogP contribution is 2.44. The number of nitrogens with zero attached hydrogens (tertiary/aromatic N) is 1. The molecular formula is C20H27NO4. The van der Waals surface area contributed by atoms with Crippen molar-refractivity contribution < 1.29 is 19.5 Å². The van der Waals surface area contributed by atoms with Gasteiger partial charge in [-0.1, -0.05) is 30.6 Å². The largest absolute Gasteiger partial charge is 0.478 e. The first kappa shape index (κ1) is 17.9. The zero-order chi connectivity index (χ0) is 17.6. The number of rotatable bonds is 9. The Bertz CT molecular complexity index is 598. The molecule has 4 unspecified atom stereocenters. The molecule has 2 saturated heterocycles. The second-order valence-corrected chi connectivity index (χ2v) is 7.01. The quantitative estimate of drug-likeness (QED) is 0.418. The molecule has 0 saturated carbocycles. The van der Waals surface area contributed by atoms with Crippen LogP contribution in [0.5, 0.6) is 0 Å². The summed E-state index contributed by atoms with van der Waals surface area (Å²) >= 11 is 0. The standard InChI is InChI=1S/C20H27NO4/c1-2-3-12-24-21-13-17-16(18-10-11-19(17)25-18)9-6-14-4-7-15(8-5-14)20(22)23/h4-5,7-8,13,16-19H,2-3,6,9-12H2,1H3,(H,22,23)/b21-13+. The van der Waals surface area contributed by atoms with E-state index in [-0.39, 0.29) is 6.10 Å². The summed E-state index contributed by atoms with van der Waals surface area (Å²) in [5.41, 5.74) is 1.50. The van der Waals surface area contributed by atoms with Gasteiger partial charge >= 0.3 is 5.97 Å². The van der Waals surface area contributed by atoms with Crippen LogP contribution in [0, 0.1) is 11.8 Å². The number of aromatic carboxylic acids is 1. The van der Waals surface area contributed by atoms with Gasteiger partial charge in [0, 0.05) is 12.1 Å². The van der Waals surface area contributed by atoms with Crippen molar-refractivity contribution in [2.75, 3.05) is 6.61 Å². The van der Waals surface area contributed by atoms with Crippen molar-refractivity contribution in [3.05, 3.63) is 35.4 Å². The molecule has 5 heteroatoms. The number of hydrogen-bond acceptors (Lipinski definition) is 4. The molecule has 4 atom stereocenters. The highest BCUT2D eigenvalue weighted by atomic mass is 16.6. The summed E-state index contributed by atoms with van der Waals surface area (Å²) in [6.07, 6.45) is 8.90. The molecule has 1 N–H and O–H groups in total. The number of carboxylic acids is 1. The summed E-state index contributed by atoms with van der Waals surface area (Å²) in [6, 6.07) is 7.17. The van der Waals surface area contributed by atoms with Crippen LogP contribution in [0.2, 0.25) is 0 Å². The molecule has 5 nitrogen and oxygen atoms in total. The van der Waals surface area contributed by atoms with Gasteiger partial charge in [0.25, 0.3) is 0 Å². The molecule has 0 radical (unpaired) electrons. The van der Waals surface area contributed by atoms with E-state index in [0.717, 1.165) is 38.5 Å². The van der Waals surface area contributed by atoms with E-state index in [0.29, 0.717) is 30.1 Å². The Kier molecular flexibility index (Phi) is 6.08. The molecule has 2 bridgehead atoms. The van der Waals surface area contributed by atoms with Crippen molar-refractivity contribution in [3.8, 4) is 0 Å². The van der Waals surface area contributed by atoms with Crippen molar-refractivity contribution in [1.82, 2.24) is 0 Å². The fourth-order valence-corrected chi connectivity index (χ4v) is 3.92. The normalized spacial score (nSPS) is 27.9. The first-order chi connectivity index (χ1) is 12.2. The summed E-state index contributed by atoms with van der Waals surface area (Å²) in [7, 11) is 0. The number of oxime groups is 1. The zero-order valence-corrected chi connectivity index (χ0v) is 14.8. The van der Waals surface area contributed by atoms with Crippen LogP contribution in [-0.2, 0) is 16.0 Å². The van der Waals surface area contributed by atoms with E-state index in [2.05, 4.69) is 12.1 Å². The van der Waals surface area contributed by atoms with E-state index < -0.39 is 5.97 Å². The Morgan fingerprint density at radius 3 is 2.80 bits per heavy atom. The molecule has 1 aromatic carbocycles. The van der Waals surface area contributed by atoms with Crippen molar-refractivity contribution >= 4 is 12.2 Å². The van der Waals surface area contributed by atoms with Crippen molar-refractivity contribution in [1.29, 1.82) is 0 Å². The molecule has 3 rings (SSSR count). The first-order valence-electron chi connectivity index (χ1n) is 9.32. The Morgan fingerprint density at radius 1 is 1.32 bits per heavy atom. The van der Waals surface area contributed by atoms with Gasteiger partial charge in [0.05, 0.1) is 17.8 Å². The molecular weight excluding hydrogens is 318 g/mol. The lowest BCUT2D eigenvalue weighted by atomic mass is 9.77. The monoisotopic (exact) mass is 345 g/mol. The Hall–Kier alpha value is -1.88. The molecule has 0 aromatic heterocycles. The highest BCUT2D eigenvalue weighted by Gasteiger charge is 2.47. The summed E-state index contributed by atoms with van der Waals surface area (Å²) in [4.78, 5) is 16.3. The lowest BCUT2D eigenvalue weighted by Gasteiger charge is -2.24. The van der Waals surface area contributed by atoms with Crippen molar-refractivity contribution in [2.45, 2.75) is 57.7 Å². The van der Waals surface area contributed by atoms with Crippen LogP contribution in [0.25, 0.3) is 0 Å². The predicted octanol–water partition coefficient (Wildman–Crippen LogP) is 3.91. The van der Waals surface area contributed by atoms with Gasteiger partial charge in [-0.2, -0.15) is 0 Å². The molecule has 136 valence electrons. The highest BCUT2D eigenvalue weighted by molar-refractivity contribution is 5.87. The SMILES string of the molecule is CCCCO/N=C/C1C2CCC(O2)C1CCc1ccc(C(=O)O)cc1. The number of carbonyl (C=O) groups is 1. The molecule has 0 amide bonds. The van der Waals surface area contributed by atoms with Gasteiger partial charge in [-0.3, -0.25) is 0 Å². The first-order valence-corrected chi connectivity index (χ1v) is 9.32. The van der Waals surface area contributed by atoms with Crippen LogP contribution in [-0.4, -0.2) is 36.1 Å². The molecule has 25 heavy (non-hydrogen) atoms. The summed E-state index contributed by atoms with van der Waals surface area (Å²) in [5, 5.41) is 13.2. The minimum absolute atomic E-state index is 0.280. The molecule has 2 heterocycles. The number of ether oxygens (including phenoxy) is 1. The third kappa shape index (κ3) is 4.40. The fourth-order valence-electron chi connectivity index (χ4n) is 3.92. The second kappa shape index (κ2) is 8.48. The average molecular weight is 345 g/mol. The third-order valence-electron chi connectivity index (χ3n) is 5.35. The van der Waals surface area contributed by atoms with E-state index in [4.69, 9.17) is 14.7 Å². The van der Waals surface area contributed by atoms with Crippen LogP contribution in [0.4, 0.5) is 0 Å². The van der Waals surface area contributed by atoms with Crippen molar-refractivity contribution in [2.24, 2.45) is 17.0 Å². The van der Waals surface area contributed by atoms with E-state index in [1.54, 1.807) is 12.1 Å². The molecule has 1 aromatic rings. The Labute approximate surface area is 149 Å². The molecule has 0 aliphatic carbocycles. The summed E-state index contributed by atoms with van der Waals surface area (Å²) in [5.74, 6) is -0.0810. The maximum atomic E-state index is 10.9.